The van der Waals surface area contributed by atoms with Crippen molar-refractivity contribution < 1.29 is 23.6 Å². The van der Waals surface area contributed by atoms with Crippen LogP contribution in [0.25, 0.3) is 21.9 Å². The van der Waals surface area contributed by atoms with Gasteiger partial charge in [0.05, 0.1) is 17.7 Å². The number of anilines is 1. The number of hydrogen-bond acceptors (Lipinski definition) is 6. The maximum absolute atomic E-state index is 12.6. The SMILES string of the molecule is COc1cc2c(cc1NC(=O)[C@@H](C)Oc1ccc([N+](=O)[O-])cc1)oc1ccccc12. The summed E-state index contributed by atoms with van der Waals surface area (Å²) in [4.78, 5) is 22.9. The summed E-state index contributed by atoms with van der Waals surface area (Å²) >= 11 is 0. The van der Waals surface area contributed by atoms with Gasteiger partial charge in [-0.25, -0.2) is 0 Å². The van der Waals surface area contributed by atoms with E-state index in [1.165, 1.54) is 31.4 Å². The van der Waals surface area contributed by atoms with Crippen molar-refractivity contribution >= 4 is 39.2 Å². The molecule has 0 saturated carbocycles. The third-order valence-electron chi connectivity index (χ3n) is 4.69. The summed E-state index contributed by atoms with van der Waals surface area (Å²) in [5.74, 6) is 0.440. The summed E-state index contributed by atoms with van der Waals surface area (Å²) in [6.45, 7) is 1.59. The van der Waals surface area contributed by atoms with Crippen LogP contribution in [0, 0.1) is 10.1 Å². The first-order valence-corrected chi connectivity index (χ1v) is 9.17. The molecule has 0 radical (unpaired) electrons. The minimum Gasteiger partial charge on any atom is -0.495 e. The number of furan rings is 1. The number of carbonyl (C=O) groups excluding carboxylic acids is 1. The van der Waals surface area contributed by atoms with E-state index < -0.39 is 16.9 Å². The van der Waals surface area contributed by atoms with Gasteiger partial charge in [-0.15, -0.1) is 0 Å². The molecule has 1 heterocycles. The van der Waals surface area contributed by atoms with Crippen molar-refractivity contribution in [2.24, 2.45) is 0 Å². The molecule has 0 spiro atoms. The number of fused-ring (bicyclic) bond motifs is 3. The lowest BCUT2D eigenvalue weighted by Gasteiger charge is -2.16. The predicted octanol–water partition coefficient (Wildman–Crippen LogP) is 4.91. The summed E-state index contributed by atoms with van der Waals surface area (Å²) in [5, 5.41) is 15.4. The Hall–Kier alpha value is -4.07. The van der Waals surface area contributed by atoms with Gasteiger partial charge in [0.2, 0.25) is 0 Å². The topological polar surface area (TPSA) is 104 Å². The van der Waals surface area contributed by atoms with Gasteiger partial charge in [0.1, 0.15) is 22.7 Å². The number of non-ortho nitro benzene ring substituents is 1. The average molecular weight is 406 g/mol. The average Bonchev–Trinajstić information content (AvgIpc) is 3.10. The van der Waals surface area contributed by atoms with Crippen LogP contribution in [0.5, 0.6) is 11.5 Å². The maximum atomic E-state index is 12.6. The fraction of sp³-hybridized carbons (Fsp3) is 0.136. The number of rotatable bonds is 6. The number of amides is 1. The van der Waals surface area contributed by atoms with E-state index >= 15 is 0 Å². The van der Waals surface area contributed by atoms with Crippen LogP contribution in [-0.2, 0) is 4.79 Å². The molecule has 4 rings (SSSR count). The molecule has 0 unspecified atom stereocenters. The Morgan fingerprint density at radius 3 is 2.50 bits per heavy atom. The monoisotopic (exact) mass is 406 g/mol. The maximum Gasteiger partial charge on any atom is 0.269 e. The molecule has 1 amide bonds. The molecule has 8 heteroatoms. The minimum absolute atomic E-state index is 0.0525. The zero-order chi connectivity index (χ0) is 21.3. The smallest absolute Gasteiger partial charge is 0.269 e. The Morgan fingerprint density at radius 1 is 1.07 bits per heavy atom. The van der Waals surface area contributed by atoms with Crippen molar-refractivity contribution in [3.05, 3.63) is 70.8 Å². The van der Waals surface area contributed by atoms with Crippen LogP contribution in [0.4, 0.5) is 11.4 Å². The van der Waals surface area contributed by atoms with Gasteiger partial charge in [0.25, 0.3) is 11.6 Å². The quantitative estimate of drug-likeness (QED) is 0.360. The van der Waals surface area contributed by atoms with E-state index in [1.54, 1.807) is 13.0 Å². The number of ether oxygens (including phenoxy) is 2. The third kappa shape index (κ3) is 3.62. The zero-order valence-corrected chi connectivity index (χ0v) is 16.2. The number of para-hydroxylation sites is 1. The molecule has 0 aliphatic heterocycles. The highest BCUT2D eigenvalue weighted by Crippen LogP contribution is 2.36. The molecule has 30 heavy (non-hydrogen) atoms. The van der Waals surface area contributed by atoms with Crippen molar-refractivity contribution in [3.8, 4) is 11.5 Å². The molecule has 1 N–H and O–H groups in total. The van der Waals surface area contributed by atoms with Gasteiger partial charge >= 0.3 is 0 Å². The Bertz CT molecular complexity index is 1250. The molecule has 0 fully saturated rings. The van der Waals surface area contributed by atoms with E-state index in [0.717, 1.165) is 16.4 Å². The van der Waals surface area contributed by atoms with Crippen LogP contribution in [-0.4, -0.2) is 24.0 Å². The fourth-order valence-corrected chi connectivity index (χ4v) is 3.16. The van der Waals surface area contributed by atoms with Crippen LogP contribution in [0.15, 0.2) is 65.1 Å². The lowest BCUT2D eigenvalue weighted by molar-refractivity contribution is -0.384. The first-order chi connectivity index (χ1) is 14.5. The molecule has 3 aromatic carbocycles. The van der Waals surface area contributed by atoms with Gasteiger partial charge in [0, 0.05) is 29.0 Å². The summed E-state index contributed by atoms with van der Waals surface area (Å²) in [6.07, 6.45) is -0.845. The molecule has 0 aliphatic rings. The number of methoxy groups -OCH3 is 1. The first-order valence-electron chi connectivity index (χ1n) is 9.17. The highest BCUT2D eigenvalue weighted by molar-refractivity contribution is 6.08. The molecule has 8 nitrogen and oxygen atoms in total. The van der Waals surface area contributed by atoms with Crippen LogP contribution >= 0.6 is 0 Å². The van der Waals surface area contributed by atoms with Gasteiger partial charge in [-0.05, 0) is 31.2 Å². The summed E-state index contributed by atoms with van der Waals surface area (Å²) < 4.78 is 16.9. The van der Waals surface area contributed by atoms with Gasteiger partial charge < -0.3 is 19.2 Å². The second-order valence-electron chi connectivity index (χ2n) is 6.65. The van der Waals surface area contributed by atoms with E-state index in [0.29, 0.717) is 22.8 Å². The van der Waals surface area contributed by atoms with Crippen molar-refractivity contribution in [1.82, 2.24) is 0 Å². The van der Waals surface area contributed by atoms with Gasteiger partial charge in [-0.1, -0.05) is 18.2 Å². The van der Waals surface area contributed by atoms with Crippen LogP contribution in [0.1, 0.15) is 6.92 Å². The molecule has 0 saturated heterocycles. The molecule has 1 aromatic heterocycles. The summed E-state index contributed by atoms with van der Waals surface area (Å²) in [7, 11) is 1.52. The predicted molar refractivity (Wildman–Crippen MR) is 112 cm³/mol. The third-order valence-corrected chi connectivity index (χ3v) is 4.69. The van der Waals surface area contributed by atoms with Crippen molar-refractivity contribution in [2.45, 2.75) is 13.0 Å². The normalized spacial score (nSPS) is 11.9. The molecular formula is C22H18N2O6. The van der Waals surface area contributed by atoms with E-state index in [4.69, 9.17) is 13.9 Å². The second-order valence-corrected chi connectivity index (χ2v) is 6.65. The lowest BCUT2D eigenvalue weighted by atomic mass is 10.1. The van der Waals surface area contributed by atoms with Crippen molar-refractivity contribution in [1.29, 1.82) is 0 Å². The Labute approximate surface area is 171 Å². The molecular weight excluding hydrogens is 388 g/mol. The van der Waals surface area contributed by atoms with E-state index in [9.17, 15) is 14.9 Å². The standard InChI is InChI=1S/C22H18N2O6/c1-13(29-15-9-7-14(8-10-15)24(26)27)22(25)23-18-12-20-17(11-21(18)28-2)16-5-3-4-6-19(16)30-20/h3-13H,1-2H3,(H,23,25)/t13-/m1/s1. The van der Waals surface area contributed by atoms with Crippen LogP contribution in [0.3, 0.4) is 0 Å². The fourth-order valence-electron chi connectivity index (χ4n) is 3.16. The number of carbonyl (C=O) groups is 1. The van der Waals surface area contributed by atoms with Crippen LogP contribution in [0.2, 0.25) is 0 Å². The molecule has 152 valence electrons. The summed E-state index contributed by atoms with van der Waals surface area (Å²) in [6, 6.07) is 16.7. The number of nitro benzene ring substituents is 1. The molecule has 0 aliphatic carbocycles. The van der Waals surface area contributed by atoms with Crippen molar-refractivity contribution in [3.63, 3.8) is 0 Å². The Balaban J connectivity index is 1.55. The Morgan fingerprint density at radius 2 is 1.80 bits per heavy atom. The van der Waals surface area contributed by atoms with Gasteiger partial charge in [-0.2, -0.15) is 0 Å². The van der Waals surface area contributed by atoms with E-state index in [1.807, 2.05) is 30.3 Å². The molecule has 1 atom stereocenters. The van der Waals surface area contributed by atoms with E-state index in [-0.39, 0.29) is 5.69 Å². The number of nitrogens with one attached hydrogen (secondary N) is 1. The summed E-state index contributed by atoms with van der Waals surface area (Å²) in [5.41, 5.74) is 1.76. The highest BCUT2D eigenvalue weighted by Gasteiger charge is 2.19. The molecule has 4 aromatic rings. The van der Waals surface area contributed by atoms with Gasteiger partial charge in [-0.3, -0.25) is 14.9 Å². The van der Waals surface area contributed by atoms with Crippen LogP contribution < -0.4 is 14.8 Å². The number of benzene rings is 3. The first kappa shape index (κ1) is 19.3. The van der Waals surface area contributed by atoms with Crippen molar-refractivity contribution in [2.75, 3.05) is 12.4 Å². The highest BCUT2D eigenvalue weighted by atomic mass is 16.6. The molecule has 0 bridgehead atoms. The number of nitro groups is 1. The van der Waals surface area contributed by atoms with E-state index in [2.05, 4.69) is 5.32 Å². The largest absolute Gasteiger partial charge is 0.495 e. The number of nitrogens with zero attached hydrogens (tertiary/aromatic N) is 1. The minimum atomic E-state index is -0.845. The Kier molecular flexibility index (Phi) is 4.97. The second kappa shape index (κ2) is 7.75. The number of hydrogen-bond donors (Lipinski definition) is 1. The lowest BCUT2D eigenvalue weighted by Crippen LogP contribution is -2.30. The zero-order valence-electron chi connectivity index (χ0n) is 16.2. The van der Waals surface area contributed by atoms with Gasteiger partial charge in [0.15, 0.2) is 6.10 Å².